The van der Waals surface area contributed by atoms with Gasteiger partial charge in [0.15, 0.2) is 9.24 Å². The lowest BCUT2D eigenvalue weighted by Crippen LogP contribution is -2.35. The van der Waals surface area contributed by atoms with Gasteiger partial charge in [0.25, 0.3) is 5.56 Å². The van der Waals surface area contributed by atoms with E-state index in [9.17, 15) is 4.79 Å². The summed E-state index contributed by atoms with van der Waals surface area (Å²) in [5, 5.41) is 0. The van der Waals surface area contributed by atoms with E-state index in [-0.39, 0.29) is 5.56 Å². The molecule has 100 valence electrons. The van der Waals surface area contributed by atoms with Crippen molar-refractivity contribution in [2.24, 2.45) is 0 Å². The third kappa shape index (κ3) is 2.79. The molecule has 0 radical (unpaired) electrons. The topological polar surface area (TPSA) is 64.8 Å². The molecule has 0 saturated carbocycles. The molecule has 1 aliphatic rings. The van der Waals surface area contributed by atoms with Gasteiger partial charge in [-0.1, -0.05) is 11.6 Å². The highest BCUT2D eigenvalue weighted by Gasteiger charge is 2.20. The summed E-state index contributed by atoms with van der Waals surface area (Å²) in [7, 11) is 0. The number of nitrogens with zero attached hydrogens (tertiary/aromatic N) is 2. The Morgan fingerprint density at radius 1 is 1.53 bits per heavy atom. The summed E-state index contributed by atoms with van der Waals surface area (Å²) in [6.45, 7) is 2.27. The Morgan fingerprint density at radius 2 is 2.37 bits per heavy atom. The molecule has 2 N–H and O–H groups in total. The van der Waals surface area contributed by atoms with Gasteiger partial charge >= 0.3 is 0 Å². The number of H-pyrrole nitrogens is 2. The van der Waals surface area contributed by atoms with Gasteiger partial charge in [-0.05, 0) is 12.2 Å². The van der Waals surface area contributed by atoms with Crippen LogP contribution < -0.4 is 5.56 Å². The van der Waals surface area contributed by atoms with Crippen LogP contribution in [-0.2, 0) is 19.5 Å². The third-order valence-electron chi connectivity index (χ3n) is 3.09. The summed E-state index contributed by atoms with van der Waals surface area (Å²) < 4.78 is 0.945. The number of nitrogens with one attached hydrogen (secondary N) is 2. The third-order valence-corrected chi connectivity index (χ3v) is 4.40. The summed E-state index contributed by atoms with van der Waals surface area (Å²) in [6, 6.07) is 0. The molecule has 3 rings (SSSR count). The van der Waals surface area contributed by atoms with E-state index >= 15 is 0 Å². The van der Waals surface area contributed by atoms with Crippen molar-refractivity contribution in [3.8, 4) is 0 Å². The maximum Gasteiger partial charge on any atom is 0.256 e. The molecule has 0 unspecified atom stereocenters. The molecule has 0 fully saturated rings. The first kappa shape index (κ1) is 13.0. The number of hydrogen-bond acceptors (Lipinski definition) is 5. The average Bonchev–Trinajstić information content (AvgIpc) is 2.75. The molecule has 8 heteroatoms. The highest BCUT2D eigenvalue weighted by molar-refractivity contribution is 7.71. The fourth-order valence-corrected chi connectivity index (χ4v) is 3.46. The average molecular weight is 315 g/mol. The number of aromatic amines is 2. The molecule has 0 bridgehead atoms. The zero-order valence-corrected chi connectivity index (χ0v) is 12.3. The van der Waals surface area contributed by atoms with Gasteiger partial charge in [-0.25, -0.2) is 4.98 Å². The lowest BCUT2D eigenvalue weighted by molar-refractivity contribution is 0.243. The normalized spacial score (nSPS) is 15.4. The summed E-state index contributed by atoms with van der Waals surface area (Å²) in [5.74, 6) is 0. The van der Waals surface area contributed by atoms with E-state index in [0.717, 1.165) is 35.6 Å². The Bertz CT molecular complexity index is 720. The van der Waals surface area contributed by atoms with Crippen LogP contribution in [-0.4, -0.2) is 26.4 Å². The van der Waals surface area contributed by atoms with Crippen LogP contribution in [0.15, 0.2) is 11.0 Å². The molecule has 19 heavy (non-hydrogen) atoms. The molecule has 1 aliphatic heterocycles. The standard InChI is InChI=1S/C11H11ClN4OS2/c12-10-13-3-6(19-10)4-16-2-1-8-7(5-16)9(17)15-11(18)14-8/h3H,1-2,4-5H2,(H2,14,15,17,18). The molecule has 0 amide bonds. The van der Waals surface area contributed by atoms with Crippen molar-refractivity contribution in [2.75, 3.05) is 6.54 Å². The minimum atomic E-state index is -0.0919. The second-order valence-electron chi connectivity index (χ2n) is 4.41. The number of aromatic nitrogens is 3. The quantitative estimate of drug-likeness (QED) is 0.833. The van der Waals surface area contributed by atoms with Crippen molar-refractivity contribution in [1.29, 1.82) is 0 Å². The van der Waals surface area contributed by atoms with Gasteiger partial charge in [0, 0.05) is 42.8 Å². The molecule has 0 saturated heterocycles. The summed E-state index contributed by atoms with van der Waals surface area (Å²) in [6.07, 6.45) is 2.58. The molecule has 0 aliphatic carbocycles. The molecule has 0 atom stereocenters. The highest BCUT2D eigenvalue weighted by atomic mass is 35.5. The first-order chi connectivity index (χ1) is 9.11. The fraction of sp³-hybridized carbons (Fsp3) is 0.364. The number of rotatable bonds is 2. The Kier molecular flexibility index (Phi) is 3.53. The molecular weight excluding hydrogens is 304 g/mol. The molecule has 2 aromatic heterocycles. The summed E-state index contributed by atoms with van der Waals surface area (Å²) in [4.78, 5) is 24.9. The maximum absolute atomic E-state index is 11.9. The molecule has 0 aromatic carbocycles. The largest absolute Gasteiger partial charge is 0.335 e. The minimum absolute atomic E-state index is 0.0919. The Hall–Kier alpha value is -1.02. The molecule has 0 spiro atoms. The van der Waals surface area contributed by atoms with Crippen LogP contribution in [0.3, 0.4) is 0 Å². The van der Waals surface area contributed by atoms with Crippen molar-refractivity contribution in [1.82, 2.24) is 19.9 Å². The first-order valence-electron chi connectivity index (χ1n) is 5.79. The molecule has 2 aromatic rings. The van der Waals surface area contributed by atoms with E-state index < -0.39 is 0 Å². The van der Waals surface area contributed by atoms with Gasteiger partial charge in [0.1, 0.15) is 0 Å². The number of fused-ring (bicyclic) bond motifs is 1. The molecular formula is C11H11ClN4OS2. The van der Waals surface area contributed by atoms with Crippen LogP contribution in [0.4, 0.5) is 0 Å². The second kappa shape index (κ2) is 5.16. The van der Waals surface area contributed by atoms with E-state index in [4.69, 9.17) is 23.8 Å². The minimum Gasteiger partial charge on any atom is -0.335 e. The van der Waals surface area contributed by atoms with Gasteiger partial charge in [-0.15, -0.1) is 11.3 Å². The highest BCUT2D eigenvalue weighted by Crippen LogP contribution is 2.22. The smallest absolute Gasteiger partial charge is 0.256 e. The van der Waals surface area contributed by atoms with E-state index in [0.29, 0.717) is 15.8 Å². The van der Waals surface area contributed by atoms with Gasteiger partial charge in [0.05, 0.1) is 5.56 Å². The Balaban J connectivity index is 1.82. The predicted molar refractivity (Wildman–Crippen MR) is 77.2 cm³/mol. The van der Waals surface area contributed by atoms with E-state index in [1.54, 1.807) is 6.20 Å². The number of halogens is 1. The van der Waals surface area contributed by atoms with Gasteiger partial charge in [-0.3, -0.25) is 14.7 Å². The van der Waals surface area contributed by atoms with E-state index in [1.165, 1.54) is 11.3 Å². The van der Waals surface area contributed by atoms with E-state index in [1.807, 2.05) is 0 Å². The van der Waals surface area contributed by atoms with Crippen LogP contribution in [0, 0.1) is 4.77 Å². The van der Waals surface area contributed by atoms with Crippen molar-refractivity contribution in [3.63, 3.8) is 0 Å². The molecule has 3 heterocycles. The Morgan fingerprint density at radius 3 is 3.11 bits per heavy atom. The first-order valence-corrected chi connectivity index (χ1v) is 7.39. The van der Waals surface area contributed by atoms with Crippen molar-refractivity contribution in [2.45, 2.75) is 19.5 Å². The SMILES string of the molecule is O=c1[nH]c(=S)[nH]c2c1CN(Cc1cnc(Cl)s1)CC2. The lowest BCUT2D eigenvalue weighted by Gasteiger charge is -2.27. The van der Waals surface area contributed by atoms with Crippen molar-refractivity contribution < 1.29 is 0 Å². The van der Waals surface area contributed by atoms with E-state index in [2.05, 4.69) is 19.9 Å². The number of hydrogen-bond donors (Lipinski definition) is 2. The van der Waals surface area contributed by atoms with Crippen molar-refractivity contribution >= 4 is 35.2 Å². The maximum atomic E-state index is 11.9. The Labute approximate surface area is 123 Å². The summed E-state index contributed by atoms with van der Waals surface area (Å²) >= 11 is 12.3. The lowest BCUT2D eigenvalue weighted by atomic mass is 10.1. The predicted octanol–water partition coefficient (Wildman–Crippen LogP) is 2.10. The van der Waals surface area contributed by atoms with Gasteiger partial charge in [0.2, 0.25) is 0 Å². The van der Waals surface area contributed by atoms with Crippen LogP contribution in [0.25, 0.3) is 0 Å². The van der Waals surface area contributed by atoms with Crippen LogP contribution in [0.5, 0.6) is 0 Å². The fourth-order valence-electron chi connectivity index (χ4n) is 2.22. The second-order valence-corrected chi connectivity index (χ2v) is 6.51. The summed E-state index contributed by atoms with van der Waals surface area (Å²) in [5.41, 5.74) is 1.63. The zero-order chi connectivity index (χ0) is 13.4. The van der Waals surface area contributed by atoms with Gasteiger partial charge < -0.3 is 4.98 Å². The van der Waals surface area contributed by atoms with Crippen molar-refractivity contribution in [3.05, 3.63) is 41.9 Å². The zero-order valence-electron chi connectivity index (χ0n) is 9.90. The van der Waals surface area contributed by atoms with Crippen LogP contribution in [0.1, 0.15) is 16.1 Å². The van der Waals surface area contributed by atoms with Crippen LogP contribution in [0.2, 0.25) is 4.47 Å². The number of thiazole rings is 1. The monoisotopic (exact) mass is 314 g/mol. The molecule has 5 nitrogen and oxygen atoms in total. The van der Waals surface area contributed by atoms with Crippen LogP contribution >= 0.6 is 35.2 Å². The van der Waals surface area contributed by atoms with Gasteiger partial charge in [-0.2, -0.15) is 0 Å².